The molecule has 1 atom stereocenters. The molecule has 0 amide bonds. The summed E-state index contributed by atoms with van der Waals surface area (Å²) in [5.74, 6) is 0.594. The SMILES string of the molecule is CCC(CN)Oc1cccc(Cl)c1Cl. The van der Waals surface area contributed by atoms with Gasteiger partial charge in [-0.25, -0.2) is 0 Å². The summed E-state index contributed by atoms with van der Waals surface area (Å²) in [7, 11) is 0. The van der Waals surface area contributed by atoms with E-state index >= 15 is 0 Å². The molecule has 0 spiro atoms. The summed E-state index contributed by atoms with van der Waals surface area (Å²) in [4.78, 5) is 0. The quantitative estimate of drug-likeness (QED) is 0.868. The molecule has 0 saturated carbocycles. The standard InChI is InChI=1S/C10H13Cl2NO/c1-2-7(6-13)14-9-5-3-4-8(11)10(9)12/h3-5,7H,2,6,13H2,1H3. The van der Waals surface area contributed by atoms with Gasteiger partial charge >= 0.3 is 0 Å². The van der Waals surface area contributed by atoms with Crippen LogP contribution >= 0.6 is 23.2 Å². The number of ether oxygens (including phenoxy) is 1. The summed E-state index contributed by atoms with van der Waals surface area (Å²) in [6, 6.07) is 5.31. The Kier molecular flexibility index (Phi) is 4.52. The lowest BCUT2D eigenvalue weighted by molar-refractivity contribution is 0.205. The van der Waals surface area contributed by atoms with Gasteiger partial charge in [0.25, 0.3) is 0 Å². The van der Waals surface area contributed by atoms with Gasteiger partial charge in [0.15, 0.2) is 0 Å². The highest BCUT2D eigenvalue weighted by Crippen LogP contribution is 2.32. The van der Waals surface area contributed by atoms with Gasteiger partial charge in [-0.05, 0) is 18.6 Å². The number of benzene rings is 1. The summed E-state index contributed by atoms with van der Waals surface area (Å²) in [5, 5.41) is 0.942. The molecule has 2 N–H and O–H groups in total. The second kappa shape index (κ2) is 5.44. The van der Waals surface area contributed by atoms with Gasteiger partial charge in [0.1, 0.15) is 16.9 Å². The molecule has 78 valence electrons. The van der Waals surface area contributed by atoms with Crippen LogP contribution in [0.1, 0.15) is 13.3 Å². The highest BCUT2D eigenvalue weighted by atomic mass is 35.5. The van der Waals surface area contributed by atoms with Crippen LogP contribution in [0.25, 0.3) is 0 Å². The molecule has 0 aliphatic carbocycles. The van der Waals surface area contributed by atoms with Crippen molar-refractivity contribution in [2.45, 2.75) is 19.4 Å². The molecule has 0 aliphatic heterocycles. The van der Waals surface area contributed by atoms with Crippen molar-refractivity contribution >= 4 is 23.2 Å². The third-order valence-electron chi connectivity index (χ3n) is 1.93. The minimum atomic E-state index is -0.00836. The van der Waals surface area contributed by atoms with E-state index in [1.807, 2.05) is 6.92 Å². The van der Waals surface area contributed by atoms with Crippen molar-refractivity contribution in [3.8, 4) is 5.75 Å². The van der Waals surface area contributed by atoms with E-state index < -0.39 is 0 Å². The normalized spacial score (nSPS) is 12.6. The average Bonchev–Trinajstić information content (AvgIpc) is 2.20. The number of rotatable bonds is 4. The Morgan fingerprint density at radius 1 is 1.43 bits per heavy atom. The Hall–Kier alpha value is -0.440. The first-order chi connectivity index (χ1) is 6.69. The third-order valence-corrected chi connectivity index (χ3v) is 2.73. The minimum absolute atomic E-state index is 0.00836. The van der Waals surface area contributed by atoms with Crippen LogP contribution in [0.15, 0.2) is 18.2 Å². The lowest BCUT2D eigenvalue weighted by Crippen LogP contribution is -2.25. The van der Waals surface area contributed by atoms with Crippen LogP contribution in [-0.2, 0) is 0 Å². The number of hydrogen-bond donors (Lipinski definition) is 1. The monoisotopic (exact) mass is 233 g/mol. The van der Waals surface area contributed by atoms with Crippen LogP contribution in [0, 0.1) is 0 Å². The minimum Gasteiger partial charge on any atom is -0.488 e. The van der Waals surface area contributed by atoms with E-state index in [-0.39, 0.29) is 6.10 Å². The molecule has 0 aromatic heterocycles. The Morgan fingerprint density at radius 3 is 2.71 bits per heavy atom. The molecule has 0 aliphatic rings. The second-order valence-electron chi connectivity index (χ2n) is 2.94. The topological polar surface area (TPSA) is 35.2 Å². The van der Waals surface area contributed by atoms with Crippen molar-refractivity contribution in [1.82, 2.24) is 0 Å². The third kappa shape index (κ3) is 2.77. The van der Waals surface area contributed by atoms with E-state index in [9.17, 15) is 0 Å². The van der Waals surface area contributed by atoms with Gasteiger partial charge in [-0.3, -0.25) is 0 Å². The number of nitrogens with two attached hydrogens (primary N) is 1. The molecule has 0 fully saturated rings. The van der Waals surface area contributed by atoms with Crippen LogP contribution in [0.2, 0.25) is 10.0 Å². The molecular formula is C10H13Cl2NO. The summed E-state index contributed by atoms with van der Waals surface area (Å²) < 4.78 is 5.58. The van der Waals surface area contributed by atoms with E-state index in [1.54, 1.807) is 18.2 Å². The highest BCUT2D eigenvalue weighted by molar-refractivity contribution is 6.42. The molecule has 0 radical (unpaired) electrons. The molecule has 1 rings (SSSR count). The van der Waals surface area contributed by atoms with E-state index in [1.165, 1.54) is 0 Å². The summed E-state index contributed by atoms with van der Waals surface area (Å²) in [5.41, 5.74) is 5.52. The Labute approximate surface area is 94.0 Å². The van der Waals surface area contributed by atoms with Gasteiger partial charge < -0.3 is 10.5 Å². The predicted octanol–water partition coefficient (Wildman–Crippen LogP) is 3.11. The van der Waals surface area contributed by atoms with Gasteiger partial charge in [0.2, 0.25) is 0 Å². The van der Waals surface area contributed by atoms with Gasteiger partial charge in [0, 0.05) is 6.54 Å². The maximum Gasteiger partial charge on any atom is 0.139 e. The Balaban J connectivity index is 2.80. The van der Waals surface area contributed by atoms with Crippen LogP contribution in [0.3, 0.4) is 0 Å². The van der Waals surface area contributed by atoms with Gasteiger partial charge in [-0.2, -0.15) is 0 Å². The largest absolute Gasteiger partial charge is 0.488 e. The number of hydrogen-bond acceptors (Lipinski definition) is 2. The van der Waals surface area contributed by atoms with Crippen molar-refractivity contribution in [2.24, 2.45) is 5.73 Å². The molecule has 14 heavy (non-hydrogen) atoms. The van der Waals surface area contributed by atoms with E-state index in [2.05, 4.69) is 0 Å². The van der Waals surface area contributed by atoms with Crippen molar-refractivity contribution in [2.75, 3.05) is 6.54 Å². The van der Waals surface area contributed by atoms with Crippen molar-refractivity contribution < 1.29 is 4.74 Å². The van der Waals surface area contributed by atoms with Crippen LogP contribution in [0.4, 0.5) is 0 Å². The maximum atomic E-state index is 5.95. The zero-order chi connectivity index (χ0) is 10.6. The lowest BCUT2D eigenvalue weighted by atomic mass is 10.2. The zero-order valence-corrected chi connectivity index (χ0v) is 9.48. The first-order valence-electron chi connectivity index (χ1n) is 4.49. The fourth-order valence-corrected chi connectivity index (χ4v) is 1.39. The van der Waals surface area contributed by atoms with Gasteiger partial charge in [0.05, 0.1) is 5.02 Å². The average molecular weight is 234 g/mol. The summed E-state index contributed by atoms with van der Waals surface area (Å²) in [6.45, 7) is 2.48. The molecule has 0 saturated heterocycles. The van der Waals surface area contributed by atoms with E-state index in [0.29, 0.717) is 22.3 Å². The van der Waals surface area contributed by atoms with Crippen LogP contribution in [0.5, 0.6) is 5.75 Å². The second-order valence-corrected chi connectivity index (χ2v) is 3.72. The molecule has 1 unspecified atom stereocenters. The Morgan fingerprint density at radius 2 is 2.14 bits per heavy atom. The van der Waals surface area contributed by atoms with Gasteiger partial charge in [-0.1, -0.05) is 36.2 Å². The Bertz CT molecular complexity index is 300. The van der Waals surface area contributed by atoms with E-state index in [0.717, 1.165) is 6.42 Å². The van der Waals surface area contributed by atoms with Crippen molar-refractivity contribution in [1.29, 1.82) is 0 Å². The van der Waals surface area contributed by atoms with Gasteiger partial charge in [-0.15, -0.1) is 0 Å². The summed E-state index contributed by atoms with van der Waals surface area (Å²) in [6.07, 6.45) is 0.838. The fraction of sp³-hybridized carbons (Fsp3) is 0.400. The first-order valence-corrected chi connectivity index (χ1v) is 5.25. The first kappa shape index (κ1) is 11.6. The molecule has 1 aromatic carbocycles. The van der Waals surface area contributed by atoms with Crippen LogP contribution in [-0.4, -0.2) is 12.6 Å². The predicted molar refractivity (Wildman–Crippen MR) is 60.2 cm³/mol. The molecule has 0 heterocycles. The summed E-state index contributed by atoms with van der Waals surface area (Å²) >= 11 is 11.8. The lowest BCUT2D eigenvalue weighted by Gasteiger charge is -2.16. The highest BCUT2D eigenvalue weighted by Gasteiger charge is 2.10. The molecule has 4 heteroatoms. The molecular weight excluding hydrogens is 221 g/mol. The molecule has 0 bridgehead atoms. The number of halogens is 2. The van der Waals surface area contributed by atoms with E-state index in [4.69, 9.17) is 33.7 Å². The van der Waals surface area contributed by atoms with Crippen molar-refractivity contribution in [3.63, 3.8) is 0 Å². The maximum absolute atomic E-state index is 5.95. The fourth-order valence-electron chi connectivity index (χ4n) is 1.05. The molecule has 1 aromatic rings. The van der Waals surface area contributed by atoms with Crippen LogP contribution < -0.4 is 10.5 Å². The molecule has 2 nitrogen and oxygen atoms in total. The smallest absolute Gasteiger partial charge is 0.139 e. The van der Waals surface area contributed by atoms with Crippen molar-refractivity contribution in [3.05, 3.63) is 28.2 Å². The zero-order valence-electron chi connectivity index (χ0n) is 7.97.